The molecular formula is C21H23N5O3S. The molecule has 1 N–H and O–H groups in total. The zero-order valence-corrected chi connectivity index (χ0v) is 17.5. The number of fused-ring (bicyclic) bond motifs is 1. The Morgan fingerprint density at radius 3 is 2.77 bits per heavy atom. The zero-order valence-electron chi connectivity index (χ0n) is 16.7. The number of nitrogens with zero attached hydrogens (tertiary/aromatic N) is 4. The summed E-state index contributed by atoms with van der Waals surface area (Å²) in [5.74, 6) is 0.979. The van der Waals surface area contributed by atoms with Gasteiger partial charge >= 0.3 is 0 Å². The molecule has 0 aliphatic carbocycles. The lowest BCUT2D eigenvalue weighted by molar-refractivity contribution is -0.129. The van der Waals surface area contributed by atoms with E-state index in [0.29, 0.717) is 29.8 Å². The summed E-state index contributed by atoms with van der Waals surface area (Å²) < 4.78 is 7.00. The van der Waals surface area contributed by atoms with Crippen LogP contribution in [0.4, 0.5) is 0 Å². The lowest BCUT2D eigenvalue weighted by atomic mass is 10.00. The third-order valence-electron chi connectivity index (χ3n) is 5.07. The molecule has 3 heterocycles. The number of aromatic nitrogens is 3. The van der Waals surface area contributed by atoms with Gasteiger partial charge in [0.05, 0.1) is 18.6 Å². The van der Waals surface area contributed by atoms with Crippen molar-refractivity contribution in [1.29, 1.82) is 0 Å². The Labute approximate surface area is 178 Å². The van der Waals surface area contributed by atoms with Crippen molar-refractivity contribution < 1.29 is 14.0 Å². The minimum Gasteiger partial charge on any atom is -0.459 e. The lowest BCUT2D eigenvalue weighted by Crippen LogP contribution is -2.37. The fraction of sp³-hybridized carbons (Fsp3) is 0.333. The van der Waals surface area contributed by atoms with Crippen LogP contribution in [0.2, 0.25) is 0 Å². The number of hydrogen-bond donors (Lipinski definition) is 1. The van der Waals surface area contributed by atoms with Crippen molar-refractivity contribution >= 4 is 23.6 Å². The largest absolute Gasteiger partial charge is 0.459 e. The molecule has 1 aliphatic heterocycles. The molecule has 4 rings (SSSR count). The second kappa shape index (κ2) is 9.17. The Morgan fingerprint density at radius 1 is 1.17 bits per heavy atom. The third-order valence-corrected chi connectivity index (χ3v) is 6.02. The summed E-state index contributed by atoms with van der Waals surface area (Å²) in [7, 11) is 0. The average Bonchev–Trinajstić information content (AvgIpc) is 3.45. The van der Waals surface area contributed by atoms with Gasteiger partial charge in [-0.25, -0.2) is 0 Å². The SMILES string of the molecule is CCn1c(CNC(=O)c2ccco2)nnc1SCC(=O)N1CCc2ccccc2C1. The van der Waals surface area contributed by atoms with Gasteiger partial charge in [-0.1, -0.05) is 36.0 Å². The van der Waals surface area contributed by atoms with Gasteiger partial charge in [-0.15, -0.1) is 10.2 Å². The Hall–Kier alpha value is -3.07. The number of thioether (sulfide) groups is 1. The third kappa shape index (κ3) is 4.40. The first kappa shape index (κ1) is 20.2. The first-order chi connectivity index (χ1) is 14.7. The molecule has 2 amide bonds. The zero-order chi connectivity index (χ0) is 20.9. The van der Waals surface area contributed by atoms with Crippen molar-refractivity contribution in [3.63, 3.8) is 0 Å². The predicted octanol–water partition coefficient (Wildman–Crippen LogP) is 2.50. The van der Waals surface area contributed by atoms with Crippen molar-refractivity contribution in [2.45, 2.75) is 38.1 Å². The highest BCUT2D eigenvalue weighted by Crippen LogP contribution is 2.22. The van der Waals surface area contributed by atoms with E-state index in [1.54, 1.807) is 12.1 Å². The van der Waals surface area contributed by atoms with Crippen LogP contribution in [0.3, 0.4) is 0 Å². The minimum atomic E-state index is -0.305. The number of nitrogens with one attached hydrogen (secondary N) is 1. The number of rotatable bonds is 7. The summed E-state index contributed by atoms with van der Waals surface area (Å²) in [4.78, 5) is 26.7. The van der Waals surface area contributed by atoms with Crippen LogP contribution in [0.15, 0.2) is 52.2 Å². The smallest absolute Gasteiger partial charge is 0.287 e. The van der Waals surface area contributed by atoms with Crippen molar-refractivity contribution in [3.05, 3.63) is 65.4 Å². The Kier molecular flexibility index (Phi) is 6.18. The molecular weight excluding hydrogens is 402 g/mol. The van der Waals surface area contributed by atoms with E-state index in [2.05, 4.69) is 27.6 Å². The summed E-state index contributed by atoms with van der Waals surface area (Å²) in [6, 6.07) is 11.5. The molecule has 0 saturated carbocycles. The van der Waals surface area contributed by atoms with Crippen LogP contribution >= 0.6 is 11.8 Å². The van der Waals surface area contributed by atoms with E-state index in [1.165, 1.54) is 29.2 Å². The maximum Gasteiger partial charge on any atom is 0.287 e. The first-order valence-electron chi connectivity index (χ1n) is 9.87. The molecule has 0 radical (unpaired) electrons. The molecule has 30 heavy (non-hydrogen) atoms. The molecule has 3 aromatic rings. The van der Waals surface area contributed by atoms with E-state index in [4.69, 9.17) is 4.42 Å². The lowest BCUT2D eigenvalue weighted by Gasteiger charge is -2.28. The van der Waals surface area contributed by atoms with Crippen LogP contribution in [-0.2, 0) is 30.8 Å². The van der Waals surface area contributed by atoms with Crippen LogP contribution in [0, 0.1) is 0 Å². The molecule has 0 unspecified atom stereocenters. The molecule has 8 nitrogen and oxygen atoms in total. The Balaban J connectivity index is 1.33. The number of furan rings is 1. The maximum absolute atomic E-state index is 12.7. The summed E-state index contributed by atoms with van der Waals surface area (Å²) in [5, 5.41) is 11.8. The van der Waals surface area contributed by atoms with Gasteiger partial charge in [-0.05, 0) is 36.6 Å². The fourth-order valence-electron chi connectivity index (χ4n) is 3.45. The highest BCUT2D eigenvalue weighted by molar-refractivity contribution is 7.99. The van der Waals surface area contributed by atoms with Gasteiger partial charge in [-0.3, -0.25) is 9.59 Å². The molecule has 0 atom stereocenters. The number of amides is 2. The molecule has 2 aromatic heterocycles. The van der Waals surface area contributed by atoms with Gasteiger partial charge < -0.3 is 19.2 Å². The Morgan fingerprint density at radius 2 is 2.00 bits per heavy atom. The number of benzene rings is 1. The minimum absolute atomic E-state index is 0.0906. The highest BCUT2D eigenvalue weighted by Gasteiger charge is 2.21. The van der Waals surface area contributed by atoms with E-state index in [9.17, 15) is 9.59 Å². The van der Waals surface area contributed by atoms with Crippen LogP contribution in [0.25, 0.3) is 0 Å². The average molecular weight is 426 g/mol. The summed E-state index contributed by atoms with van der Waals surface area (Å²) >= 11 is 1.37. The van der Waals surface area contributed by atoms with Gasteiger partial charge in [0.2, 0.25) is 5.91 Å². The van der Waals surface area contributed by atoms with Crippen LogP contribution in [-0.4, -0.2) is 43.8 Å². The van der Waals surface area contributed by atoms with E-state index in [1.807, 2.05) is 28.5 Å². The summed E-state index contributed by atoms with van der Waals surface area (Å²) in [6.07, 6.45) is 2.34. The molecule has 0 spiro atoms. The quantitative estimate of drug-likeness (QED) is 0.585. The molecule has 1 aromatic carbocycles. The number of carbonyl (C=O) groups excluding carboxylic acids is 2. The summed E-state index contributed by atoms with van der Waals surface area (Å²) in [6.45, 7) is 4.25. The topological polar surface area (TPSA) is 93.3 Å². The van der Waals surface area contributed by atoms with E-state index < -0.39 is 0 Å². The fourth-order valence-corrected chi connectivity index (χ4v) is 4.38. The van der Waals surface area contributed by atoms with Crippen molar-refractivity contribution in [2.24, 2.45) is 0 Å². The van der Waals surface area contributed by atoms with Gasteiger partial charge in [0.1, 0.15) is 0 Å². The van der Waals surface area contributed by atoms with Crippen LogP contribution in [0.1, 0.15) is 34.4 Å². The maximum atomic E-state index is 12.7. The highest BCUT2D eigenvalue weighted by atomic mass is 32.2. The van der Waals surface area contributed by atoms with Crippen LogP contribution in [0.5, 0.6) is 0 Å². The number of hydrogen-bond acceptors (Lipinski definition) is 6. The standard InChI is InChI=1S/C21H23N5O3S/c1-2-26-18(12-22-20(28)17-8-5-11-29-17)23-24-21(26)30-14-19(27)25-10-9-15-6-3-4-7-16(15)13-25/h3-8,11H,2,9-10,12-14H2,1H3,(H,22,28). The van der Waals surface area contributed by atoms with Gasteiger partial charge in [0.15, 0.2) is 16.7 Å². The van der Waals surface area contributed by atoms with Crippen molar-refractivity contribution in [3.8, 4) is 0 Å². The summed E-state index contributed by atoms with van der Waals surface area (Å²) in [5.41, 5.74) is 2.54. The first-order valence-corrected chi connectivity index (χ1v) is 10.9. The second-order valence-electron chi connectivity index (χ2n) is 6.93. The second-order valence-corrected chi connectivity index (χ2v) is 7.87. The van der Waals surface area contributed by atoms with E-state index in [0.717, 1.165) is 13.0 Å². The molecule has 0 saturated heterocycles. The normalized spacial score (nSPS) is 13.2. The molecule has 9 heteroatoms. The van der Waals surface area contributed by atoms with Gasteiger partial charge in [0.25, 0.3) is 5.91 Å². The molecule has 0 fully saturated rings. The van der Waals surface area contributed by atoms with E-state index in [-0.39, 0.29) is 24.1 Å². The molecule has 0 bridgehead atoms. The van der Waals surface area contributed by atoms with Gasteiger partial charge in [-0.2, -0.15) is 0 Å². The van der Waals surface area contributed by atoms with Crippen molar-refractivity contribution in [1.82, 2.24) is 25.0 Å². The number of carbonyl (C=O) groups is 2. The van der Waals surface area contributed by atoms with Crippen LogP contribution < -0.4 is 5.32 Å². The van der Waals surface area contributed by atoms with Gasteiger partial charge in [0, 0.05) is 19.6 Å². The predicted molar refractivity (Wildman–Crippen MR) is 112 cm³/mol. The van der Waals surface area contributed by atoms with E-state index >= 15 is 0 Å². The molecule has 156 valence electrons. The monoisotopic (exact) mass is 425 g/mol. The Bertz CT molecular complexity index is 1030. The molecule has 1 aliphatic rings. The van der Waals surface area contributed by atoms with Crippen molar-refractivity contribution in [2.75, 3.05) is 12.3 Å².